The minimum Gasteiger partial charge on any atom is -0.440 e. The van der Waals surface area contributed by atoms with E-state index in [-0.39, 0.29) is 17.9 Å². The molecule has 0 unspecified atom stereocenters. The Bertz CT molecular complexity index is 952. The van der Waals surface area contributed by atoms with Crippen LogP contribution in [-0.4, -0.2) is 27.8 Å². The topological polar surface area (TPSA) is 100 Å². The van der Waals surface area contributed by atoms with Crippen molar-refractivity contribution in [3.63, 3.8) is 0 Å². The van der Waals surface area contributed by atoms with E-state index in [1.54, 1.807) is 24.5 Å². The van der Waals surface area contributed by atoms with E-state index < -0.39 is 0 Å². The number of hydrogen-bond acceptors (Lipinski definition) is 4. The van der Waals surface area contributed by atoms with Crippen LogP contribution in [-0.2, 0) is 4.79 Å². The van der Waals surface area contributed by atoms with Crippen molar-refractivity contribution >= 4 is 28.7 Å². The lowest BCUT2D eigenvalue weighted by Crippen LogP contribution is -2.29. The monoisotopic (exact) mass is 338 g/mol. The molecule has 25 heavy (non-hydrogen) atoms. The number of hydrogen-bond donors (Lipinski definition) is 3. The molecule has 128 valence electrons. The van der Waals surface area contributed by atoms with Gasteiger partial charge in [0.1, 0.15) is 11.4 Å². The van der Waals surface area contributed by atoms with Crippen LogP contribution in [0.2, 0.25) is 0 Å². The van der Waals surface area contributed by atoms with Crippen LogP contribution < -0.4 is 10.6 Å². The van der Waals surface area contributed by atoms with Gasteiger partial charge < -0.3 is 14.7 Å². The number of amides is 2. The Balaban J connectivity index is 1.94. The third-order valence-electron chi connectivity index (χ3n) is 3.52. The summed E-state index contributed by atoms with van der Waals surface area (Å²) in [6.45, 7) is 7.19. The van der Waals surface area contributed by atoms with Crippen LogP contribution in [0.25, 0.3) is 22.4 Å². The number of carbonyl (C=O) groups is 2. The van der Waals surface area contributed by atoms with E-state index in [1.165, 1.54) is 0 Å². The molecule has 0 aliphatic carbocycles. The first-order valence-electron chi connectivity index (χ1n) is 7.79. The van der Waals surface area contributed by atoms with Crippen molar-refractivity contribution in [2.75, 3.05) is 5.32 Å². The number of aromatic nitrogens is 2. The molecule has 3 N–H and O–H groups in total. The fourth-order valence-corrected chi connectivity index (χ4v) is 2.40. The van der Waals surface area contributed by atoms with Crippen LogP contribution in [0.3, 0.4) is 0 Å². The fraction of sp³-hybridized carbons (Fsp3) is 0.167. The Morgan fingerprint density at radius 1 is 1.36 bits per heavy atom. The van der Waals surface area contributed by atoms with Crippen molar-refractivity contribution in [1.29, 1.82) is 0 Å². The van der Waals surface area contributed by atoms with Gasteiger partial charge in [-0.2, -0.15) is 0 Å². The first-order chi connectivity index (χ1) is 12.0. The molecule has 3 heterocycles. The van der Waals surface area contributed by atoms with Crippen molar-refractivity contribution in [3.8, 4) is 11.3 Å². The van der Waals surface area contributed by atoms with Crippen LogP contribution in [0.5, 0.6) is 0 Å². The quantitative estimate of drug-likeness (QED) is 0.622. The molecule has 0 radical (unpaired) electrons. The lowest BCUT2D eigenvalue weighted by Gasteiger charge is -2.07. The Kier molecular flexibility index (Phi) is 4.38. The average molecular weight is 338 g/mol. The predicted octanol–water partition coefficient (Wildman–Crippen LogP) is 3.09. The highest BCUT2D eigenvalue weighted by atomic mass is 16.4. The largest absolute Gasteiger partial charge is 0.440 e. The highest BCUT2D eigenvalue weighted by Crippen LogP contribution is 2.28. The van der Waals surface area contributed by atoms with Crippen LogP contribution >= 0.6 is 0 Å². The number of furan rings is 1. The maximum absolute atomic E-state index is 12.3. The summed E-state index contributed by atoms with van der Waals surface area (Å²) < 4.78 is 5.60. The summed E-state index contributed by atoms with van der Waals surface area (Å²) >= 11 is 0. The number of nitrogens with one attached hydrogen (secondary N) is 3. The van der Waals surface area contributed by atoms with Crippen molar-refractivity contribution in [2.24, 2.45) is 0 Å². The second kappa shape index (κ2) is 6.64. The van der Waals surface area contributed by atoms with Gasteiger partial charge in [-0.15, -0.1) is 0 Å². The van der Waals surface area contributed by atoms with Crippen LogP contribution in [0.15, 0.2) is 47.7 Å². The third kappa shape index (κ3) is 3.45. The lowest BCUT2D eigenvalue weighted by atomic mass is 10.1. The number of fused-ring (bicyclic) bond motifs is 1. The summed E-state index contributed by atoms with van der Waals surface area (Å²) in [5.41, 5.74) is 1.83. The summed E-state index contributed by atoms with van der Waals surface area (Å²) in [6.07, 6.45) is 4.44. The van der Waals surface area contributed by atoms with Gasteiger partial charge in [-0.25, -0.2) is 4.98 Å². The number of anilines is 1. The summed E-state index contributed by atoms with van der Waals surface area (Å²) in [5, 5.41) is 6.11. The Labute approximate surface area is 144 Å². The molecule has 3 aromatic heterocycles. The van der Waals surface area contributed by atoms with Gasteiger partial charge in [0.15, 0.2) is 5.88 Å². The van der Waals surface area contributed by atoms with Gasteiger partial charge in [-0.3, -0.25) is 14.9 Å². The molecule has 3 aromatic rings. The van der Waals surface area contributed by atoms with Crippen molar-refractivity contribution < 1.29 is 14.0 Å². The van der Waals surface area contributed by atoms with E-state index >= 15 is 0 Å². The number of aromatic amines is 1. The minimum absolute atomic E-state index is 0.0368. The van der Waals surface area contributed by atoms with Crippen molar-refractivity contribution in [2.45, 2.75) is 19.9 Å². The zero-order valence-electron chi connectivity index (χ0n) is 13.9. The minimum atomic E-state index is -0.354. The second-order valence-corrected chi connectivity index (χ2v) is 5.81. The van der Waals surface area contributed by atoms with Crippen molar-refractivity contribution in [1.82, 2.24) is 15.3 Å². The SMILES string of the molecule is C=CC(=O)Nc1ccc(-c2cnc3[nH]cc(C(=O)NC(C)C)c3c2)o1. The van der Waals surface area contributed by atoms with Gasteiger partial charge in [0.2, 0.25) is 5.91 Å². The molecular formula is C18H18N4O3. The van der Waals surface area contributed by atoms with Gasteiger partial charge >= 0.3 is 0 Å². The van der Waals surface area contributed by atoms with Crippen LogP contribution in [0, 0.1) is 0 Å². The Morgan fingerprint density at radius 3 is 2.88 bits per heavy atom. The lowest BCUT2D eigenvalue weighted by molar-refractivity contribution is -0.112. The molecule has 2 amide bonds. The van der Waals surface area contributed by atoms with E-state index in [4.69, 9.17) is 4.42 Å². The highest BCUT2D eigenvalue weighted by Gasteiger charge is 2.15. The van der Waals surface area contributed by atoms with Gasteiger partial charge in [-0.1, -0.05) is 6.58 Å². The van der Waals surface area contributed by atoms with Gasteiger partial charge in [-0.05, 0) is 32.1 Å². The van der Waals surface area contributed by atoms with Gasteiger partial charge in [0.25, 0.3) is 5.91 Å². The first kappa shape index (κ1) is 16.5. The molecule has 0 aliphatic rings. The molecule has 0 aliphatic heterocycles. The van der Waals surface area contributed by atoms with Crippen LogP contribution in [0.1, 0.15) is 24.2 Å². The summed E-state index contributed by atoms with van der Waals surface area (Å²) in [4.78, 5) is 30.9. The van der Waals surface area contributed by atoms with E-state index in [0.717, 1.165) is 6.08 Å². The van der Waals surface area contributed by atoms with Gasteiger partial charge in [0, 0.05) is 35.5 Å². The predicted molar refractivity (Wildman–Crippen MR) is 95.2 cm³/mol. The first-order valence-corrected chi connectivity index (χ1v) is 7.79. The second-order valence-electron chi connectivity index (χ2n) is 5.81. The summed E-state index contributed by atoms with van der Waals surface area (Å²) in [6, 6.07) is 5.23. The molecule has 0 atom stereocenters. The zero-order chi connectivity index (χ0) is 18.0. The maximum atomic E-state index is 12.3. The molecule has 0 bridgehead atoms. The maximum Gasteiger partial charge on any atom is 0.253 e. The normalized spacial score (nSPS) is 10.8. The number of rotatable bonds is 5. The molecule has 7 heteroatoms. The molecule has 0 spiro atoms. The van der Waals surface area contributed by atoms with Crippen LogP contribution in [0.4, 0.5) is 5.88 Å². The average Bonchev–Trinajstić information content (AvgIpc) is 3.20. The number of carbonyl (C=O) groups excluding carboxylic acids is 2. The van der Waals surface area contributed by atoms with E-state index in [1.807, 2.05) is 19.9 Å². The summed E-state index contributed by atoms with van der Waals surface area (Å²) in [7, 11) is 0. The van der Waals surface area contributed by atoms with Gasteiger partial charge in [0.05, 0.1) is 5.56 Å². The standard InChI is InChI=1S/C18H18N4O3/c1-4-15(23)22-16-6-5-14(25-16)11-7-12-13(18(24)21-10(2)3)9-20-17(12)19-8-11/h4-10H,1H2,2-3H3,(H,19,20)(H,21,24)(H,22,23). The van der Waals surface area contributed by atoms with E-state index in [2.05, 4.69) is 27.2 Å². The molecule has 0 saturated carbocycles. The molecule has 3 rings (SSSR count). The Hall–Kier alpha value is -3.35. The smallest absolute Gasteiger partial charge is 0.253 e. The molecule has 0 saturated heterocycles. The molecule has 0 fully saturated rings. The Morgan fingerprint density at radius 2 is 2.16 bits per heavy atom. The zero-order valence-corrected chi connectivity index (χ0v) is 13.9. The number of pyridine rings is 1. The molecule has 7 nitrogen and oxygen atoms in total. The summed E-state index contributed by atoms with van der Waals surface area (Å²) in [5.74, 6) is 0.323. The van der Waals surface area contributed by atoms with E-state index in [0.29, 0.717) is 33.8 Å². The van der Waals surface area contributed by atoms with Crippen molar-refractivity contribution in [3.05, 3.63) is 48.8 Å². The van der Waals surface area contributed by atoms with E-state index in [9.17, 15) is 9.59 Å². The fourth-order valence-electron chi connectivity index (χ4n) is 2.40. The number of nitrogens with zero attached hydrogens (tertiary/aromatic N) is 1. The number of H-pyrrole nitrogens is 1. The highest BCUT2D eigenvalue weighted by molar-refractivity contribution is 6.06. The molecule has 0 aromatic carbocycles. The molecular weight excluding hydrogens is 320 g/mol. The third-order valence-corrected chi connectivity index (χ3v) is 3.52.